The molecule has 2 heteroatoms. The Morgan fingerprint density at radius 2 is 1.74 bits per heavy atom. The highest BCUT2D eigenvalue weighted by Gasteiger charge is 2.60. The van der Waals surface area contributed by atoms with Crippen molar-refractivity contribution < 1.29 is 9.90 Å². The van der Waals surface area contributed by atoms with Crippen molar-refractivity contribution >= 4 is 5.97 Å². The van der Waals surface area contributed by atoms with E-state index < -0.39 is 5.97 Å². The van der Waals surface area contributed by atoms with Crippen LogP contribution < -0.4 is 0 Å². The Morgan fingerprint density at radius 3 is 2.53 bits per heavy atom. The van der Waals surface area contributed by atoms with Crippen molar-refractivity contribution in [3.63, 3.8) is 0 Å². The molecule has 0 radical (unpaired) electrons. The average molecular weight is 465 g/mol. The third-order valence-corrected chi connectivity index (χ3v) is 12.0. The number of aryl methyl sites for hydroxylation is 1. The standard InChI is InChI=1S/C32H48O2/c1-4-22-21-26-28-17-16-24(13-7-5-11-23-12-6-8-14-25(23)30(33)34)31(28,2)20-18-29(26)32(3)19-10-9-15-27(22)32/h6,8,12,14,22,24,26-29H,4-5,7,9-11,13,15-21H2,1-3H3,(H,33,34)/t22-,24?,26?,27?,28?,29-,31?,32?/m0/s1. The first-order chi connectivity index (χ1) is 16.4. The van der Waals surface area contributed by atoms with Crippen LogP contribution in [0.2, 0.25) is 0 Å². The van der Waals surface area contributed by atoms with Gasteiger partial charge in [-0.15, -0.1) is 0 Å². The van der Waals surface area contributed by atoms with Crippen molar-refractivity contribution in [1.82, 2.24) is 0 Å². The maximum absolute atomic E-state index is 11.5. The molecule has 5 rings (SSSR count). The molecule has 8 atom stereocenters. The molecule has 2 nitrogen and oxygen atoms in total. The highest BCUT2D eigenvalue weighted by atomic mass is 16.4. The Morgan fingerprint density at radius 1 is 0.941 bits per heavy atom. The molecule has 0 aromatic heterocycles. The van der Waals surface area contributed by atoms with Crippen molar-refractivity contribution in [3.8, 4) is 0 Å². The van der Waals surface area contributed by atoms with E-state index >= 15 is 0 Å². The molecule has 0 amide bonds. The lowest BCUT2D eigenvalue weighted by atomic mass is 9.42. The van der Waals surface area contributed by atoms with Crippen molar-refractivity contribution in [2.24, 2.45) is 46.3 Å². The molecule has 4 fully saturated rings. The molecule has 1 aromatic rings. The lowest BCUT2D eigenvalue weighted by Crippen LogP contribution is -2.55. The van der Waals surface area contributed by atoms with Crippen LogP contribution in [0.3, 0.4) is 0 Å². The maximum atomic E-state index is 11.5. The summed E-state index contributed by atoms with van der Waals surface area (Å²) < 4.78 is 0. The number of rotatable bonds is 7. The van der Waals surface area contributed by atoms with Gasteiger partial charge in [-0.25, -0.2) is 4.79 Å². The van der Waals surface area contributed by atoms with Gasteiger partial charge in [0, 0.05) is 0 Å². The molecule has 4 saturated carbocycles. The zero-order valence-electron chi connectivity index (χ0n) is 22.0. The highest BCUT2D eigenvalue weighted by molar-refractivity contribution is 5.89. The van der Waals surface area contributed by atoms with Gasteiger partial charge in [-0.05, 0) is 122 Å². The van der Waals surface area contributed by atoms with Gasteiger partial charge in [-0.1, -0.05) is 64.7 Å². The number of unbranched alkanes of at least 4 members (excludes halogenated alkanes) is 1. The van der Waals surface area contributed by atoms with E-state index in [4.69, 9.17) is 0 Å². The van der Waals surface area contributed by atoms with Crippen molar-refractivity contribution in [2.45, 2.75) is 111 Å². The van der Waals surface area contributed by atoms with E-state index in [9.17, 15) is 9.90 Å². The number of carbonyl (C=O) groups is 1. The smallest absolute Gasteiger partial charge is 0.335 e. The van der Waals surface area contributed by atoms with E-state index in [1.807, 2.05) is 18.2 Å². The predicted octanol–water partition coefficient (Wildman–Crippen LogP) is 8.78. The fourth-order valence-electron chi connectivity index (χ4n) is 10.3. The quantitative estimate of drug-likeness (QED) is 0.409. The molecule has 0 heterocycles. The summed E-state index contributed by atoms with van der Waals surface area (Å²) in [5, 5.41) is 9.48. The van der Waals surface area contributed by atoms with E-state index in [0.717, 1.165) is 53.9 Å². The number of hydrogen-bond donors (Lipinski definition) is 1. The van der Waals surface area contributed by atoms with Gasteiger partial charge in [0.2, 0.25) is 0 Å². The average Bonchev–Trinajstić information content (AvgIpc) is 3.17. The Balaban J connectivity index is 1.23. The van der Waals surface area contributed by atoms with Crippen molar-refractivity contribution in [1.29, 1.82) is 0 Å². The summed E-state index contributed by atoms with van der Waals surface area (Å²) in [4.78, 5) is 11.5. The molecule has 1 aromatic carbocycles. The first-order valence-corrected chi connectivity index (χ1v) is 14.7. The number of fused-ring (bicyclic) bond motifs is 5. The van der Waals surface area contributed by atoms with E-state index in [1.54, 1.807) is 6.07 Å². The second-order valence-corrected chi connectivity index (χ2v) is 13.2. The minimum atomic E-state index is -0.787. The van der Waals surface area contributed by atoms with Crippen LogP contribution in [0, 0.1) is 46.3 Å². The van der Waals surface area contributed by atoms with Gasteiger partial charge in [0.1, 0.15) is 0 Å². The molecular formula is C32H48O2. The Hall–Kier alpha value is -1.31. The van der Waals surface area contributed by atoms with Crippen LogP contribution in [0.5, 0.6) is 0 Å². The molecule has 4 aliphatic rings. The molecule has 6 unspecified atom stereocenters. The fourth-order valence-corrected chi connectivity index (χ4v) is 10.3. The third-order valence-electron chi connectivity index (χ3n) is 12.0. The Kier molecular flexibility index (Phi) is 6.90. The van der Waals surface area contributed by atoms with Crippen LogP contribution in [0.15, 0.2) is 24.3 Å². The summed E-state index contributed by atoms with van der Waals surface area (Å²) in [6.45, 7) is 7.88. The van der Waals surface area contributed by atoms with Gasteiger partial charge in [0.15, 0.2) is 0 Å². The molecular weight excluding hydrogens is 416 g/mol. The van der Waals surface area contributed by atoms with E-state index in [1.165, 1.54) is 77.0 Å². The van der Waals surface area contributed by atoms with Crippen LogP contribution in [-0.4, -0.2) is 11.1 Å². The number of carboxylic acids is 1. The van der Waals surface area contributed by atoms with E-state index in [2.05, 4.69) is 20.8 Å². The highest BCUT2D eigenvalue weighted by Crippen LogP contribution is 2.69. The van der Waals surface area contributed by atoms with Gasteiger partial charge < -0.3 is 5.11 Å². The molecule has 0 bridgehead atoms. The van der Waals surface area contributed by atoms with E-state index in [-0.39, 0.29) is 0 Å². The summed E-state index contributed by atoms with van der Waals surface area (Å²) in [5.41, 5.74) is 2.68. The number of hydrogen-bond acceptors (Lipinski definition) is 1. The summed E-state index contributed by atoms with van der Waals surface area (Å²) in [6, 6.07) is 7.58. The minimum Gasteiger partial charge on any atom is -0.478 e. The summed E-state index contributed by atoms with van der Waals surface area (Å²) in [7, 11) is 0. The molecule has 0 saturated heterocycles. The Bertz CT molecular complexity index is 876. The predicted molar refractivity (Wildman–Crippen MR) is 140 cm³/mol. The summed E-state index contributed by atoms with van der Waals surface area (Å²) >= 11 is 0. The normalized spacial score (nSPS) is 41.4. The monoisotopic (exact) mass is 464 g/mol. The van der Waals surface area contributed by atoms with Gasteiger partial charge in [0.05, 0.1) is 5.56 Å². The van der Waals surface area contributed by atoms with E-state index in [0.29, 0.717) is 16.4 Å². The largest absolute Gasteiger partial charge is 0.478 e. The fraction of sp³-hybridized carbons (Fsp3) is 0.781. The summed E-state index contributed by atoms with van der Waals surface area (Å²) in [6.07, 6.45) is 19.4. The van der Waals surface area contributed by atoms with Gasteiger partial charge in [-0.3, -0.25) is 0 Å². The Labute approximate surface area is 208 Å². The van der Waals surface area contributed by atoms with Crippen molar-refractivity contribution in [3.05, 3.63) is 35.4 Å². The first-order valence-electron chi connectivity index (χ1n) is 14.7. The third kappa shape index (κ3) is 4.05. The van der Waals surface area contributed by atoms with Crippen LogP contribution in [0.1, 0.15) is 120 Å². The lowest BCUT2D eigenvalue weighted by molar-refractivity contribution is -0.135. The van der Waals surface area contributed by atoms with Crippen LogP contribution >= 0.6 is 0 Å². The molecule has 0 aliphatic heterocycles. The number of carboxylic acid groups (broad SMARTS) is 1. The van der Waals surface area contributed by atoms with Gasteiger partial charge in [0.25, 0.3) is 0 Å². The lowest BCUT2D eigenvalue weighted by Gasteiger charge is -2.62. The molecule has 188 valence electrons. The maximum Gasteiger partial charge on any atom is 0.335 e. The molecule has 0 spiro atoms. The second-order valence-electron chi connectivity index (χ2n) is 13.2. The summed E-state index contributed by atoms with van der Waals surface area (Å²) in [5.74, 6) is 5.00. The molecule has 1 N–H and O–H groups in total. The molecule has 34 heavy (non-hydrogen) atoms. The van der Waals surface area contributed by atoms with Crippen LogP contribution in [0.4, 0.5) is 0 Å². The number of aromatic carboxylic acids is 1. The zero-order chi connectivity index (χ0) is 23.9. The first kappa shape index (κ1) is 24.4. The minimum absolute atomic E-state index is 0.492. The van der Waals surface area contributed by atoms with Crippen molar-refractivity contribution in [2.75, 3.05) is 0 Å². The molecule has 4 aliphatic carbocycles. The van der Waals surface area contributed by atoms with Crippen LogP contribution in [0.25, 0.3) is 0 Å². The second kappa shape index (κ2) is 9.62. The van der Waals surface area contributed by atoms with Crippen LogP contribution in [-0.2, 0) is 6.42 Å². The number of benzene rings is 1. The van der Waals surface area contributed by atoms with Gasteiger partial charge in [-0.2, -0.15) is 0 Å². The topological polar surface area (TPSA) is 37.3 Å². The zero-order valence-corrected chi connectivity index (χ0v) is 22.0. The SMILES string of the molecule is CC[C@H]1CC2C3CCC(CCCCc4ccccc4C(=O)O)C3(C)CC[C@@H]2C2(C)CCCCC12. The van der Waals surface area contributed by atoms with Gasteiger partial charge >= 0.3 is 5.97 Å².